The first-order valence-electron chi connectivity index (χ1n) is 16.0. The summed E-state index contributed by atoms with van der Waals surface area (Å²) >= 11 is 0. The van der Waals surface area contributed by atoms with Gasteiger partial charge in [0, 0.05) is 42.8 Å². The molecule has 1 amide bonds. The molecule has 1 aromatic carbocycles. The van der Waals surface area contributed by atoms with Gasteiger partial charge in [0.1, 0.15) is 18.5 Å². The van der Waals surface area contributed by atoms with E-state index in [1.54, 1.807) is 6.33 Å². The van der Waals surface area contributed by atoms with E-state index in [1.165, 1.54) is 48.7 Å². The van der Waals surface area contributed by atoms with Gasteiger partial charge in [-0.15, -0.1) is 0 Å². The average Bonchev–Trinajstić information content (AvgIpc) is 3.44. The number of benzene rings is 1. The van der Waals surface area contributed by atoms with E-state index >= 15 is 0 Å². The second-order valence-electron chi connectivity index (χ2n) is 12.9. The summed E-state index contributed by atoms with van der Waals surface area (Å²) in [4.78, 5) is 29.4. The fourth-order valence-corrected chi connectivity index (χ4v) is 6.97. The molecule has 4 fully saturated rings. The fourth-order valence-electron chi connectivity index (χ4n) is 6.97. The lowest BCUT2D eigenvalue weighted by molar-refractivity contribution is -0.197. The van der Waals surface area contributed by atoms with Crippen LogP contribution < -0.4 is 10.6 Å². The molecule has 12 heteroatoms. The number of carbonyl (C=O) groups excluding carboxylic acids is 1. The second-order valence-corrected chi connectivity index (χ2v) is 12.9. The van der Waals surface area contributed by atoms with Crippen molar-refractivity contribution < 1.29 is 19.0 Å². The summed E-state index contributed by atoms with van der Waals surface area (Å²) in [5.41, 5.74) is 3.85. The summed E-state index contributed by atoms with van der Waals surface area (Å²) in [6, 6.07) is 8.88. The van der Waals surface area contributed by atoms with Gasteiger partial charge in [-0.25, -0.2) is 15.0 Å². The smallest absolute Gasteiger partial charge is 0.252 e. The lowest BCUT2D eigenvalue weighted by Crippen LogP contribution is -2.43. The van der Waals surface area contributed by atoms with Crippen LogP contribution >= 0.6 is 0 Å². The Kier molecular flexibility index (Phi) is 7.04. The first-order valence-corrected chi connectivity index (χ1v) is 16.0. The number of carbonyl (C=O) groups is 1. The van der Waals surface area contributed by atoms with Crippen LogP contribution in [0.4, 0.5) is 5.82 Å². The minimum Gasteiger partial charge on any atom is -0.368 e. The Balaban J connectivity index is 0.989. The largest absolute Gasteiger partial charge is 0.368 e. The zero-order chi connectivity index (χ0) is 29.8. The standard InChI is InChI=1S/C32H40N8O4/c1-32(2)43-25-26(30(41)37-21-9-10-21)42-31(27(25)44-32)40-19-36-24-28(34-18-35-29(24)40)33-12-11-20-17-39(16-15-38-13-5-6-14-38)23-8-4-3-7-22(20)23/h3-4,7-8,17-19,21,25-27,31H,5-6,9-16H2,1-2H3,(H,37,41)(H,33,34,35)/t25-,26+,27-,31-/m1/s1. The monoisotopic (exact) mass is 600 g/mol. The molecule has 12 nitrogen and oxygen atoms in total. The van der Waals surface area contributed by atoms with Crippen LogP contribution in [0.3, 0.4) is 0 Å². The number of hydrogen-bond donors (Lipinski definition) is 2. The minimum atomic E-state index is -0.829. The van der Waals surface area contributed by atoms with E-state index in [1.807, 2.05) is 18.4 Å². The minimum absolute atomic E-state index is 0.162. The van der Waals surface area contributed by atoms with Crippen LogP contribution in [0, 0.1) is 0 Å². The van der Waals surface area contributed by atoms with Gasteiger partial charge < -0.3 is 34.3 Å². The Morgan fingerprint density at radius 2 is 1.86 bits per heavy atom. The number of imidazole rings is 1. The van der Waals surface area contributed by atoms with Crippen molar-refractivity contribution >= 4 is 33.8 Å². The topological polar surface area (TPSA) is 121 Å². The van der Waals surface area contributed by atoms with Gasteiger partial charge in [0.2, 0.25) is 0 Å². The third kappa shape index (κ3) is 5.23. The van der Waals surface area contributed by atoms with Crippen molar-refractivity contribution in [3.63, 3.8) is 0 Å². The van der Waals surface area contributed by atoms with Crippen molar-refractivity contribution in [1.82, 2.24) is 34.3 Å². The van der Waals surface area contributed by atoms with E-state index in [2.05, 4.69) is 65.5 Å². The summed E-state index contributed by atoms with van der Waals surface area (Å²) in [6.45, 7) is 8.92. The molecule has 6 heterocycles. The van der Waals surface area contributed by atoms with Gasteiger partial charge in [-0.05, 0) is 70.7 Å². The van der Waals surface area contributed by atoms with Crippen molar-refractivity contribution in [3.05, 3.63) is 48.7 Å². The SMILES string of the molecule is CC1(C)O[C@@H]2[C@H](O1)[C@@H](C(=O)NC1CC1)O[C@H]2n1cnc2c(NCCc3cn(CCN4CCCC4)c4ccccc34)ncnc21. The molecule has 0 spiro atoms. The van der Waals surface area contributed by atoms with E-state index < -0.39 is 30.3 Å². The first kappa shape index (κ1) is 27.9. The summed E-state index contributed by atoms with van der Waals surface area (Å²) in [6.07, 6.45) is 8.60. The molecule has 3 aliphatic heterocycles. The third-order valence-electron chi connectivity index (χ3n) is 9.26. The second kappa shape index (κ2) is 11.1. The fraction of sp³-hybridized carbons (Fsp3) is 0.562. The molecule has 4 aliphatic rings. The molecule has 232 valence electrons. The Morgan fingerprint density at radius 3 is 2.70 bits per heavy atom. The Morgan fingerprint density at radius 1 is 1.05 bits per heavy atom. The van der Waals surface area contributed by atoms with Gasteiger partial charge in [0.05, 0.1) is 6.33 Å². The van der Waals surface area contributed by atoms with Crippen molar-refractivity contribution in [2.24, 2.45) is 0 Å². The third-order valence-corrected chi connectivity index (χ3v) is 9.26. The number of aromatic nitrogens is 5. The van der Waals surface area contributed by atoms with E-state index in [9.17, 15) is 4.79 Å². The summed E-state index contributed by atoms with van der Waals surface area (Å²) in [5.74, 6) is -0.330. The van der Waals surface area contributed by atoms with E-state index in [0.29, 0.717) is 23.5 Å². The molecule has 3 saturated heterocycles. The maximum Gasteiger partial charge on any atom is 0.252 e. The van der Waals surface area contributed by atoms with Crippen LogP contribution in [0.25, 0.3) is 22.1 Å². The molecule has 0 radical (unpaired) electrons. The molecular weight excluding hydrogens is 560 g/mol. The number of anilines is 1. The highest BCUT2D eigenvalue weighted by molar-refractivity contribution is 5.85. The Bertz CT molecular complexity index is 1670. The predicted octanol–water partition coefficient (Wildman–Crippen LogP) is 3.23. The van der Waals surface area contributed by atoms with Gasteiger partial charge in [0.25, 0.3) is 5.91 Å². The zero-order valence-electron chi connectivity index (χ0n) is 25.3. The van der Waals surface area contributed by atoms with E-state index in [4.69, 9.17) is 14.2 Å². The molecular formula is C32H40N8O4. The average molecular weight is 601 g/mol. The van der Waals surface area contributed by atoms with E-state index in [0.717, 1.165) is 32.4 Å². The number of hydrogen-bond acceptors (Lipinski definition) is 9. The van der Waals surface area contributed by atoms with Gasteiger partial charge in [-0.1, -0.05) is 18.2 Å². The molecule has 0 unspecified atom stereocenters. The molecule has 8 rings (SSSR count). The highest BCUT2D eigenvalue weighted by Gasteiger charge is 2.58. The van der Waals surface area contributed by atoms with Crippen molar-refractivity contribution in [2.45, 2.75) is 88.9 Å². The molecule has 1 saturated carbocycles. The van der Waals surface area contributed by atoms with Crippen LogP contribution in [0.2, 0.25) is 0 Å². The number of fused-ring (bicyclic) bond motifs is 3. The highest BCUT2D eigenvalue weighted by Crippen LogP contribution is 2.44. The van der Waals surface area contributed by atoms with Crippen molar-refractivity contribution in [3.8, 4) is 0 Å². The first-order chi connectivity index (χ1) is 21.4. The van der Waals surface area contributed by atoms with Crippen LogP contribution in [0.1, 0.15) is 51.3 Å². The zero-order valence-corrected chi connectivity index (χ0v) is 25.3. The Hall–Kier alpha value is -3.58. The molecule has 3 aromatic heterocycles. The number of nitrogens with one attached hydrogen (secondary N) is 2. The van der Waals surface area contributed by atoms with Crippen LogP contribution in [-0.2, 0) is 32.0 Å². The van der Waals surface area contributed by atoms with Crippen molar-refractivity contribution in [2.75, 3.05) is 31.5 Å². The number of ether oxygens (including phenoxy) is 3. The van der Waals surface area contributed by atoms with E-state index in [-0.39, 0.29) is 11.9 Å². The Labute approximate surface area is 256 Å². The number of rotatable bonds is 10. The maximum atomic E-state index is 13.1. The highest BCUT2D eigenvalue weighted by atomic mass is 16.8. The van der Waals surface area contributed by atoms with Gasteiger partial charge in [-0.3, -0.25) is 9.36 Å². The molecule has 2 N–H and O–H groups in total. The quantitative estimate of drug-likeness (QED) is 0.283. The van der Waals surface area contributed by atoms with Gasteiger partial charge in [-0.2, -0.15) is 0 Å². The summed E-state index contributed by atoms with van der Waals surface area (Å²) in [7, 11) is 0. The lowest BCUT2D eigenvalue weighted by Gasteiger charge is -2.24. The number of amides is 1. The van der Waals surface area contributed by atoms with Crippen LogP contribution in [-0.4, -0.2) is 91.2 Å². The maximum absolute atomic E-state index is 13.1. The molecule has 4 aromatic rings. The van der Waals surface area contributed by atoms with Crippen LogP contribution in [0.5, 0.6) is 0 Å². The number of para-hydroxylation sites is 1. The number of nitrogens with zero attached hydrogens (tertiary/aromatic N) is 6. The lowest BCUT2D eigenvalue weighted by atomic mass is 10.1. The van der Waals surface area contributed by atoms with Gasteiger partial charge >= 0.3 is 0 Å². The molecule has 4 atom stereocenters. The normalized spacial score (nSPS) is 26.5. The number of likely N-dealkylation sites (tertiary alicyclic amines) is 1. The van der Waals surface area contributed by atoms with Crippen LogP contribution in [0.15, 0.2) is 43.1 Å². The predicted molar refractivity (Wildman–Crippen MR) is 164 cm³/mol. The molecule has 1 aliphatic carbocycles. The molecule has 44 heavy (non-hydrogen) atoms. The van der Waals surface area contributed by atoms with Crippen molar-refractivity contribution in [1.29, 1.82) is 0 Å². The summed E-state index contributed by atoms with van der Waals surface area (Å²) in [5, 5.41) is 7.85. The van der Waals surface area contributed by atoms with Gasteiger partial charge in [0.15, 0.2) is 35.1 Å². The summed E-state index contributed by atoms with van der Waals surface area (Å²) < 4.78 is 22.9. The molecule has 0 bridgehead atoms.